The van der Waals surface area contributed by atoms with Gasteiger partial charge in [-0.2, -0.15) is 0 Å². The normalized spacial score (nSPS) is 30.2. The van der Waals surface area contributed by atoms with E-state index in [0.29, 0.717) is 17.8 Å². The number of amides is 1. The third kappa shape index (κ3) is 1.76. The van der Waals surface area contributed by atoms with Crippen molar-refractivity contribution in [2.75, 3.05) is 13.1 Å². The maximum atomic E-state index is 12.2. The molecule has 1 aromatic rings. The van der Waals surface area contributed by atoms with Crippen LogP contribution in [-0.4, -0.2) is 23.9 Å². The fraction of sp³-hybridized carbons (Fsp3) is 0.467. The highest BCUT2D eigenvalue weighted by molar-refractivity contribution is 5.94. The van der Waals surface area contributed by atoms with Crippen LogP contribution in [0.5, 0.6) is 0 Å². The van der Waals surface area contributed by atoms with Crippen LogP contribution in [0.3, 0.4) is 0 Å². The predicted molar refractivity (Wildman–Crippen MR) is 67.6 cm³/mol. The summed E-state index contributed by atoms with van der Waals surface area (Å²) in [5, 5.41) is 0. The van der Waals surface area contributed by atoms with E-state index in [9.17, 15) is 4.79 Å². The molecule has 0 spiro atoms. The summed E-state index contributed by atoms with van der Waals surface area (Å²) < 4.78 is 0. The summed E-state index contributed by atoms with van der Waals surface area (Å²) in [6, 6.07) is 8.00. The zero-order chi connectivity index (χ0) is 12.0. The molecule has 1 aliphatic carbocycles. The molecule has 0 aromatic heterocycles. The van der Waals surface area contributed by atoms with E-state index in [1.165, 1.54) is 5.56 Å². The average Bonchev–Trinajstić information content (AvgIpc) is 2.82. The Kier molecular flexibility index (Phi) is 2.46. The summed E-state index contributed by atoms with van der Waals surface area (Å²) in [5.41, 5.74) is 2.10. The number of piperidine rings is 1. The number of rotatable bonds is 2. The molecule has 1 heterocycles. The van der Waals surface area contributed by atoms with Gasteiger partial charge in [0.1, 0.15) is 0 Å². The van der Waals surface area contributed by atoms with Crippen molar-refractivity contribution in [3.63, 3.8) is 0 Å². The van der Waals surface area contributed by atoms with Gasteiger partial charge in [0.05, 0.1) is 0 Å². The molecule has 1 saturated carbocycles. The van der Waals surface area contributed by atoms with Gasteiger partial charge in [-0.05, 0) is 48.8 Å². The fourth-order valence-electron chi connectivity index (χ4n) is 2.88. The molecule has 17 heavy (non-hydrogen) atoms. The van der Waals surface area contributed by atoms with Gasteiger partial charge in [0.25, 0.3) is 5.91 Å². The molecule has 1 radical (unpaired) electrons. The number of fused-ring (bicyclic) bond motifs is 1. The summed E-state index contributed by atoms with van der Waals surface area (Å²) in [7, 11) is 0. The molecule has 2 atom stereocenters. The number of hydrogen-bond acceptors (Lipinski definition) is 1. The first-order chi connectivity index (χ1) is 8.20. The maximum Gasteiger partial charge on any atom is 0.253 e. The van der Waals surface area contributed by atoms with E-state index in [1.54, 1.807) is 0 Å². The molecule has 1 aliphatic heterocycles. The number of carbonyl (C=O) groups excluding carboxylic acids is 1. The topological polar surface area (TPSA) is 20.3 Å². The molecule has 1 saturated heterocycles. The molecule has 1 aromatic carbocycles. The molecule has 0 N–H and O–H groups in total. The Balaban J connectivity index is 1.70. The summed E-state index contributed by atoms with van der Waals surface area (Å²) in [6.45, 7) is 8.03. The van der Waals surface area contributed by atoms with Gasteiger partial charge in [-0.15, -0.1) is 0 Å². The molecule has 2 unspecified atom stereocenters. The highest BCUT2D eigenvalue weighted by Crippen LogP contribution is 2.51. The van der Waals surface area contributed by atoms with Crippen LogP contribution in [0.1, 0.15) is 22.8 Å². The number of carbonyl (C=O) groups is 1. The first kappa shape index (κ1) is 10.8. The van der Waals surface area contributed by atoms with E-state index < -0.39 is 0 Å². The Labute approximate surface area is 103 Å². The molecule has 2 nitrogen and oxygen atoms in total. The number of aryl methyl sites for hydroxylation is 1. The molecule has 89 valence electrons. The smallest absolute Gasteiger partial charge is 0.253 e. The van der Waals surface area contributed by atoms with Crippen LogP contribution < -0.4 is 0 Å². The maximum absolute atomic E-state index is 12.2. The van der Waals surface area contributed by atoms with E-state index in [0.717, 1.165) is 25.1 Å². The number of nitrogens with zero attached hydrogens (tertiary/aromatic N) is 1. The van der Waals surface area contributed by atoms with Gasteiger partial charge in [-0.1, -0.05) is 19.1 Å². The van der Waals surface area contributed by atoms with Crippen LogP contribution in [0.25, 0.3) is 0 Å². The second-order valence-corrected chi connectivity index (χ2v) is 5.25. The van der Waals surface area contributed by atoms with Gasteiger partial charge in [-0.25, -0.2) is 0 Å². The highest BCUT2D eigenvalue weighted by Gasteiger charge is 2.53. The lowest BCUT2D eigenvalue weighted by atomic mass is 10.1. The Bertz CT molecular complexity index is 425. The van der Waals surface area contributed by atoms with Gasteiger partial charge in [0, 0.05) is 18.7 Å². The quantitative estimate of drug-likeness (QED) is 0.761. The van der Waals surface area contributed by atoms with Crippen LogP contribution in [0, 0.1) is 24.7 Å². The number of hydrogen-bond donors (Lipinski definition) is 0. The Morgan fingerprint density at radius 3 is 2.41 bits per heavy atom. The molecular weight excluding hydrogens is 210 g/mol. The van der Waals surface area contributed by atoms with Gasteiger partial charge in [0.2, 0.25) is 0 Å². The first-order valence-electron chi connectivity index (χ1n) is 6.42. The minimum atomic E-state index is 0.187. The van der Waals surface area contributed by atoms with Crippen molar-refractivity contribution < 1.29 is 4.79 Å². The van der Waals surface area contributed by atoms with Crippen molar-refractivity contribution in [3.8, 4) is 0 Å². The second kappa shape index (κ2) is 3.86. The lowest BCUT2D eigenvalue weighted by Gasteiger charge is -2.19. The molecular formula is C15H18NO. The van der Waals surface area contributed by atoms with Crippen LogP contribution in [0.15, 0.2) is 24.3 Å². The lowest BCUT2D eigenvalue weighted by molar-refractivity contribution is 0.0771. The molecule has 2 aliphatic rings. The fourth-order valence-corrected chi connectivity index (χ4v) is 2.88. The molecule has 2 heteroatoms. The molecule has 2 fully saturated rings. The third-order valence-corrected chi connectivity index (χ3v) is 4.27. The van der Waals surface area contributed by atoms with E-state index in [-0.39, 0.29) is 5.91 Å². The van der Waals surface area contributed by atoms with Gasteiger partial charge >= 0.3 is 0 Å². The molecule has 3 rings (SSSR count). The average molecular weight is 228 g/mol. The standard InChI is InChI=1S/C15H18NO/c1-3-11-4-6-12(7-5-11)15(17)16-8-13-10(2)14(13)9-16/h4-7,10,13-14H,2-3,8-9H2,1H3. The summed E-state index contributed by atoms with van der Waals surface area (Å²) in [5.74, 6) is 2.14. The number of likely N-dealkylation sites (tertiary alicyclic amines) is 1. The monoisotopic (exact) mass is 228 g/mol. The minimum absolute atomic E-state index is 0.187. The zero-order valence-corrected chi connectivity index (χ0v) is 10.2. The van der Waals surface area contributed by atoms with Crippen LogP contribution in [0.4, 0.5) is 0 Å². The summed E-state index contributed by atoms with van der Waals surface area (Å²) in [4.78, 5) is 14.2. The summed E-state index contributed by atoms with van der Waals surface area (Å²) >= 11 is 0. The number of benzene rings is 1. The predicted octanol–water partition coefficient (Wildman–Crippen LogP) is 2.40. The van der Waals surface area contributed by atoms with Crippen LogP contribution in [-0.2, 0) is 6.42 Å². The van der Waals surface area contributed by atoms with Gasteiger partial charge in [-0.3, -0.25) is 4.79 Å². The van der Waals surface area contributed by atoms with Crippen molar-refractivity contribution in [3.05, 3.63) is 42.3 Å². The Morgan fingerprint density at radius 1 is 1.29 bits per heavy atom. The molecule has 1 amide bonds. The largest absolute Gasteiger partial charge is 0.338 e. The Morgan fingerprint density at radius 2 is 1.88 bits per heavy atom. The highest BCUT2D eigenvalue weighted by atomic mass is 16.2. The minimum Gasteiger partial charge on any atom is -0.338 e. The van der Waals surface area contributed by atoms with Crippen molar-refractivity contribution >= 4 is 5.91 Å². The van der Waals surface area contributed by atoms with Crippen molar-refractivity contribution in [1.82, 2.24) is 4.90 Å². The van der Waals surface area contributed by atoms with E-state index >= 15 is 0 Å². The second-order valence-electron chi connectivity index (χ2n) is 5.25. The summed E-state index contributed by atoms with van der Waals surface area (Å²) in [6.07, 6.45) is 1.02. The van der Waals surface area contributed by atoms with Crippen LogP contribution >= 0.6 is 0 Å². The van der Waals surface area contributed by atoms with Gasteiger partial charge < -0.3 is 4.90 Å². The van der Waals surface area contributed by atoms with E-state index in [4.69, 9.17) is 0 Å². The van der Waals surface area contributed by atoms with E-state index in [1.807, 2.05) is 29.2 Å². The lowest BCUT2D eigenvalue weighted by Crippen LogP contribution is -2.31. The Hall–Kier alpha value is -1.31. The van der Waals surface area contributed by atoms with Crippen molar-refractivity contribution in [2.24, 2.45) is 17.8 Å². The van der Waals surface area contributed by atoms with E-state index in [2.05, 4.69) is 13.8 Å². The SMILES string of the molecule is [CH2]C1C2CN(C(=O)c3ccc(CC)cc3)CC12. The van der Waals surface area contributed by atoms with Crippen molar-refractivity contribution in [1.29, 1.82) is 0 Å². The zero-order valence-electron chi connectivity index (χ0n) is 10.2. The molecule has 0 bridgehead atoms. The third-order valence-electron chi connectivity index (χ3n) is 4.27. The first-order valence-corrected chi connectivity index (χ1v) is 6.42. The van der Waals surface area contributed by atoms with Crippen LogP contribution in [0.2, 0.25) is 0 Å². The van der Waals surface area contributed by atoms with Crippen molar-refractivity contribution in [2.45, 2.75) is 13.3 Å². The van der Waals surface area contributed by atoms with Gasteiger partial charge in [0.15, 0.2) is 0 Å².